The number of quaternary nitrogens is 1. The predicted octanol–water partition coefficient (Wildman–Crippen LogP) is 3.70. The highest BCUT2D eigenvalue weighted by atomic mass is 15.3. The van der Waals surface area contributed by atoms with E-state index < -0.39 is 0 Å². The van der Waals surface area contributed by atoms with Crippen LogP contribution in [0.25, 0.3) is 0 Å². The highest BCUT2D eigenvalue weighted by Crippen LogP contribution is 2.17. The van der Waals surface area contributed by atoms with E-state index in [1.54, 1.807) is 0 Å². The average Bonchev–Trinajstić information content (AvgIpc) is 2.29. The fraction of sp³-hybridized carbons (Fsp3) is 0.600. The predicted molar refractivity (Wildman–Crippen MR) is 71.2 cm³/mol. The van der Waals surface area contributed by atoms with Gasteiger partial charge in [0, 0.05) is 11.5 Å². The third-order valence-electron chi connectivity index (χ3n) is 3.45. The SMILES string of the molecule is CC[N+](CC)(Cc1ccccc1)CC(C)C. The summed E-state index contributed by atoms with van der Waals surface area (Å²) >= 11 is 0. The van der Waals surface area contributed by atoms with Gasteiger partial charge in [-0.05, 0) is 13.8 Å². The second kappa shape index (κ2) is 6.05. The van der Waals surface area contributed by atoms with Gasteiger partial charge in [-0.25, -0.2) is 0 Å². The Hall–Kier alpha value is -0.820. The number of nitrogens with zero attached hydrogens (tertiary/aromatic N) is 1. The second-order valence-corrected chi connectivity index (χ2v) is 5.19. The highest BCUT2D eigenvalue weighted by Gasteiger charge is 2.24. The lowest BCUT2D eigenvalue weighted by atomic mass is 10.1. The molecule has 0 aliphatic heterocycles. The molecule has 0 radical (unpaired) electrons. The van der Waals surface area contributed by atoms with Crippen molar-refractivity contribution in [2.24, 2.45) is 5.92 Å². The van der Waals surface area contributed by atoms with Crippen molar-refractivity contribution in [2.75, 3.05) is 19.6 Å². The third-order valence-corrected chi connectivity index (χ3v) is 3.45. The van der Waals surface area contributed by atoms with Crippen LogP contribution in [0.4, 0.5) is 0 Å². The molecule has 0 atom stereocenters. The highest BCUT2D eigenvalue weighted by molar-refractivity contribution is 5.13. The maximum atomic E-state index is 2.32. The van der Waals surface area contributed by atoms with Gasteiger partial charge in [0.1, 0.15) is 6.54 Å². The van der Waals surface area contributed by atoms with Gasteiger partial charge >= 0.3 is 0 Å². The molecule has 0 aliphatic carbocycles. The van der Waals surface area contributed by atoms with Crippen molar-refractivity contribution >= 4 is 0 Å². The molecule has 0 saturated heterocycles. The fourth-order valence-electron chi connectivity index (χ4n) is 2.52. The summed E-state index contributed by atoms with van der Waals surface area (Å²) in [5.41, 5.74) is 1.46. The van der Waals surface area contributed by atoms with Gasteiger partial charge in [0.25, 0.3) is 0 Å². The zero-order chi connectivity index (χ0) is 12.0. The van der Waals surface area contributed by atoms with Crippen LogP contribution < -0.4 is 0 Å². The van der Waals surface area contributed by atoms with Crippen LogP contribution in [0.5, 0.6) is 0 Å². The molecule has 90 valence electrons. The smallest absolute Gasteiger partial charge is 0.104 e. The molecule has 0 aliphatic rings. The summed E-state index contributed by atoms with van der Waals surface area (Å²) in [6, 6.07) is 10.9. The van der Waals surface area contributed by atoms with Crippen LogP contribution in [0.3, 0.4) is 0 Å². The van der Waals surface area contributed by atoms with Gasteiger partial charge < -0.3 is 4.48 Å². The van der Waals surface area contributed by atoms with E-state index in [4.69, 9.17) is 0 Å². The van der Waals surface area contributed by atoms with E-state index in [0.29, 0.717) is 0 Å². The van der Waals surface area contributed by atoms with Crippen LogP contribution >= 0.6 is 0 Å². The van der Waals surface area contributed by atoms with E-state index in [-0.39, 0.29) is 0 Å². The van der Waals surface area contributed by atoms with Crippen molar-refractivity contribution in [3.8, 4) is 0 Å². The van der Waals surface area contributed by atoms with Crippen LogP contribution in [0.15, 0.2) is 30.3 Å². The Labute approximate surface area is 101 Å². The Morgan fingerprint density at radius 2 is 1.56 bits per heavy atom. The molecule has 1 heteroatoms. The number of hydrogen-bond donors (Lipinski definition) is 0. The first-order valence-corrected chi connectivity index (χ1v) is 6.51. The first-order chi connectivity index (χ1) is 7.62. The van der Waals surface area contributed by atoms with Crippen LogP contribution in [0.1, 0.15) is 33.3 Å². The lowest BCUT2D eigenvalue weighted by Gasteiger charge is -2.38. The van der Waals surface area contributed by atoms with Crippen molar-refractivity contribution < 1.29 is 4.48 Å². The lowest BCUT2D eigenvalue weighted by Crippen LogP contribution is -2.49. The van der Waals surface area contributed by atoms with Crippen molar-refractivity contribution in [1.29, 1.82) is 0 Å². The molecule has 0 saturated carbocycles. The number of hydrogen-bond acceptors (Lipinski definition) is 0. The largest absolute Gasteiger partial charge is 0.320 e. The van der Waals surface area contributed by atoms with E-state index in [1.165, 1.54) is 36.2 Å². The molecule has 1 aromatic carbocycles. The lowest BCUT2D eigenvalue weighted by molar-refractivity contribution is -0.940. The normalized spacial score (nSPS) is 12.1. The molecule has 0 unspecified atom stereocenters. The zero-order valence-electron chi connectivity index (χ0n) is 11.2. The monoisotopic (exact) mass is 220 g/mol. The Morgan fingerprint density at radius 1 is 1.00 bits per heavy atom. The van der Waals surface area contributed by atoms with Crippen molar-refractivity contribution in [2.45, 2.75) is 34.2 Å². The number of benzene rings is 1. The zero-order valence-corrected chi connectivity index (χ0v) is 11.2. The molecular formula is C15H26N+. The van der Waals surface area contributed by atoms with E-state index in [2.05, 4.69) is 58.0 Å². The molecule has 0 spiro atoms. The minimum absolute atomic E-state index is 0.767. The molecule has 0 aromatic heterocycles. The van der Waals surface area contributed by atoms with Crippen LogP contribution in [-0.4, -0.2) is 24.1 Å². The number of rotatable bonds is 6. The Balaban J connectivity index is 2.78. The summed E-state index contributed by atoms with van der Waals surface area (Å²) in [6.45, 7) is 14.2. The Kier molecular flexibility index (Phi) is 5.01. The minimum Gasteiger partial charge on any atom is -0.320 e. The van der Waals surface area contributed by atoms with Crippen LogP contribution in [0.2, 0.25) is 0 Å². The first kappa shape index (κ1) is 13.2. The van der Waals surface area contributed by atoms with E-state index in [0.717, 1.165) is 5.92 Å². The Morgan fingerprint density at radius 3 is 2.00 bits per heavy atom. The fourth-order valence-corrected chi connectivity index (χ4v) is 2.52. The van der Waals surface area contributed by atoms with Gasteiger partial charge in [0.2, 0.25) is 0 Å². The van der Waals surface area contributed by atoms with Gasteiger partial charge in [-0.2, -0.15) is 0 Å². The van der Waals surface area contributed by atoms with E-state index >= 15 is 0 Å². The van der Waals surface area contributed by atoms with Gasteiger partial charge in [-0.3, -0.25) is 0 Å². The summed E-state index contributed by atoms with van der Waals surface area (Å²) in [6.07, 6.45) is 0. The topological polar surface area (TPSA) is 0 Å². The van der Waals surface area contributed by atoms with Gasteiger partial charge in [-0.15, -0.1) is 0 Å². The van der Waals surface area contributed by atoms with Crippen LogP contribution in [0, 0.1) is 5.92 Å². The average molecular weight is 220 g/mol. The van der Waals surface area contributed by atoms with Gasteiger partial charge in [0.15, 0.2) is 0 Å². The van der Waals surface area contributed by atoms with Crippen molar-refractivity contribution in [1.82, 2.24) is 0 Å². The maximum Gasteiger partial charge on any atom is 0.104 e. The third kappa shape index (κ3) is 3.64. The Bertz CT molecular complexity index is 286. The quantitative estimate of drug-likeness (QED) is 0.641. The second-order valence-electron chi connectivity index (χ2n) is 5.19. The summed E-state index contributed by atoms with van der Waals surface area (Å²) in [7, 11) is 0. The summed E-state index contributed by atoms with van der Waals surface area (Å²) < 4.78 is 1.21. The van der Waals surface area contributed by atoms with Gasteiger partial charge in [-0.1, -0.05) is 44.2 Å². The summed E-state index contributed by atoms with van der Waals surface area (Å²) in [5, 5.41) is 0. The van der Waals surface area contributed by atoms with E-state index in [9.17, 15) is 0 Å². The molecule has 0 N–H and O–H groups in total. The molecule has 16 heavy (non-hydrogen) atoms. The summed E-state index contributed by atoms with van der Waals surface area (Å²) in [4.78, 5) is 0. The van der Waals surface area contributed by atoms with E-state index in [1.807, 2.05) is 0 Å². The maximum absolute atomic E-state index is 2.32. The molecule has 1 rings (SSSR count). The summed E-state index contributed by atoms with van der Waals surface area (Å²) in [5.74, 6) is 0.767. The molecule has 0 bridgehead atoms. The molecule has 0 heterocycles. The minimum atomic E-state index is 0.767. The molecule has 1 aromatic rings. The first-order valence-electron chi connectivity index (χ1n) is 6.51. The molecule has 0 amide bonds. The van der Waals surface area contributed by atoms with Crippen LogP contribution in [-0.2, 0) is 6.54 Å². The van der Waals surface area contributed by atoms with Crippen molar-refractivity contribution in [3.63, 3.8) is 0 Å². The molecule has 1 nitrogen and oxygen atoms in total. The van der Waals surface area contributed by atoms with Gasteiger partial charge in [0.05, 0.1) is 19.6 Å². The molecular weight excluding hydrogens is 194 g/mol. The molecule has 0 fully saturated rings. The standard InChI is InChI=1S/C15H26N/c1-5-16(6-2,12-14(3)4)13-15-10-8-7-9-11-15/h7-11,14H,5-6,12-13H2,1-4H3/q+1. The van der Waals surface area contributed by atoms with Crippen molar-refractivity contribution in [3.05, 3.63) is 35.9 Å².